The molecule has 0 bridgehead atoms. The second kappa shape index (κ2) is 10.0. The van der Waals surface area contributed by atoms with E-state index >= 15 is 0 Å². The summed E-state index contributed by atoms with van der Waals surface area (Å²) < 4.78 is 5.12. The standard InChI is InChI=1S/C22H33N3O3/c1-3-28-22(27)19-9-13-25(14-10-19)17(2)21(26)23-20-11-12-24(16-20)15-18-7-5-4-6-8-18/h4-8,17,19-20H,3,9-16H2,1-2H3,(H,23,26)/t17-,20+/m1/s1. The summed E-state index contributed by atoms with van der Waals surface area (Å²) in [6, 6.07) is 10.5. The number of benzene rings is 1. The van der Waals surface area contributed by atoms with Crippen molar-refractivity contribution in [2.75, 3.05) is 32.8 Å². The van der Waals surface area contributed by atoms with Crippen molar-refractivity contribution in [2.24, 2.45) is 5.92 Å². The first kappa shape index (κ1) is 20.8. The Labute approximate surface area is 168 Å². The van der Waals surface area contributed by atoms with E-state index in [2.05, 4.69) is 39.4 Å². The Morgan fingerprint density at radius 3 is 2.54 bits per heavy atom. The molecule has 28 heavy (non-hydrogen) atoms. The van der Waals surface area contributed by atoms with E-state index < -0.39 is 0 Å². The average molecular weight is 388 g/mol. The highest BCUT2D eigenvalue weighted by Gasteiger charge is 2.32. The molecule has 2 heterocycles. The van der Waals surface area contributed by atoms with Crippen LogP contribution in [-0.4, -0.2) is 66.5 Å². The number of rotatable bonds is 7. The van der Waals surface area contributed by atoms with E-state index in [0.29, 0.717) is 6.61 Å². The molecule has 3 rings (SSSR count). The summed E-state index contributed by atoms with van der Waals surface area (Å²) in [5.41, 5.74) is 1.31. The number of piperidine rings is 1. The number of hydrogen-bond acceptors (Lipinski definition) is 5. The number of carbonyl (C=O) groups is 2. The van der Waals surface area contributed by atoms with Gasteiger partial charge in [-0.2, -0.15) is 0 Å². The van der Waals surface area contributed by atoms with E-state index in [4.69, 9.17) is 4.74 Å². The van der Waals surface area contributed by atoms with Gasteiger partial charge in [-0.15, -0.1) is 0 Å². The van der Waals surface area contributed by atoms with Crippen LogP contribution >= 0.6 is 0 Å². The van der Waals surface area contributed by atoms with E-state index in [0.717, 1.165) is 52.0 Å². The fourth-order valence-electron chi connectivity index (χ4n) is 4.21. The van der Waals surface area contributed by atoms with Gasteiger partial charge in [0.2, 0.25) is 5.91 Å². The van der Waals surface area contributed by atoms with Crippen molar-refractivity contribution in [3.05, 3.63) is 35.9 Å². The number of hydrogen-bond donors (Lipinski definition) is 1. The molecule has 6 nitrogen and oxygen atoms in total. The van der Waals surface area contributed by atoms with Gasteiger partial charge in [0, 0.05) is 25.7 Å². The van der Waals surface area contributed by atoms with Gasteiger partial charge in [-0.1, -0.05) is 30.3 Å². The van der Waals surface area contributed by atoms with Gasteiger partial charge in [-0.3, -0.25) is 19.4 Å². The minimum atomic E-state index is -0.161. The van der Waals surface area contributed by atoms with Crippen molar-refractivity contribution in [3.63, 3.8) is 0 Å². The summed E-state index contributed by atoms with van der Waals surface area (Å²) in [6.45, 7) is 8.62. The predicted molar refractivity (Wildman–Crippen MR) is 109 cm³/mol. The molecule has 0 saturated carbocycles. The van der Waals surface area contributed by atoms with Crippen LogP contribution in [0.2, 0.25) is 0 Å². The summed E-state index contributed by atoms with van der Waals surface area (Å²) >= 11 is 0. The fraction of sp³-hybridized carbons (Fsp3) is 0.636. The molecular weight excluding hydrogens is 354 g/mol. The highest BCUT2D eigenvalue weighted by molar-refractivity contribution is 5.81. The van der Waals surface area contributed by atoms with Crippen molar-refractivity contribution >= 4 is 11.9 Å². The Morgan fingerprint density at radius 2 is 1.86 bits per heavy atom. The van der Waals surface area contributed by atoms with Gasteiger partial charge in [0.1, 0.15) is 0 Å². The number of nitrogens with one attached hydrogen (secondary N) is 1. The van der Waals surface area contributed by atoms with Crippen LogP contribution in [0, 0.1) is 5.92 Å². The Bertz CT molecular complexity index is 644. The monoisotopic (exact) mass is 387 g/mol. The number of esters is 1. The van der Waals surface area contributed by atoms with Crippen LogP contribution in [0.15, 0.2) is 30.3 Å². The molecular formula is C22H33N3O3. The van der Waals surface area contributed by atoms with Crippen LogP contribution in [0.5, 0.6) is 0 Å². The third-order valence-corrected chi connectivity index (χ3v) is 5.94. The summed E-state index contributed by atoms with van der Waals surface area (Å²) in [5, 5.41) is 3.23. The minimum absolute atomic E-state index is 0.0205. The zero-order valence-electron chi connectivity index (χ0n) is 17.1. The maximum atomic E-state index is 12.7. The summed E-state index contributed by atoms with van der Waals surface area (Å²) in [4.78, 5) is 29.2. The Kier molecular flexibility index (Phi) is 7.45. The SMILES string of the molecule is CCOC(=O)C1CCN([C@H](C)C(=O)N[C@H]2CCN(Cc3ccccc3)C2)CC1. The quantitative estimate of drug-likeness (QED) is 0.726. The summed E-state index contributed by atoms with van der Waals surface area (Å²) in [5.74, 6) is -0.0160. The number of amides is 1. The van der Waals surface area contributed by atoms with E-state index in [1.165, 1.54) is 5.56 Å². The van der Waals surface area contributed by atoms with Gasteiger partial charge in [-0.05, 0) is 51.8 Å². The topological polar surface area (TPSA) is 61.9 Å². The molecule has 1 N–H and O–H groups in total. The first-order chi connectivity index (χ1) is 13.6. The van der Waals surface area contributed by atoms with E-state index in [9.17, 15) is 9.59 Å². The first-order valence-corrected chi connectivity index (χ1v) is 10.5. The largest absolute Gasteiger partial charge is 0.466 e. The third-order valence-electron chi connectivity index (χ3n) is 5.94. The van der Waals surface area contributed by atoms with Gasteiger partial charge in [-0.25, -0.2) is 0 Å². The molecule has 2 saturated heterocycles. The van der Waals surface area contributed by atoms with Gasteiger partial charge >= 0.3 is 5.97 Å². The van der Waals surface area contributed by atoms with Crippen LogP contribution < -0.4 is 5.32 Å². The van der Waals surface area contributed by atoms with Crippen molar-refractivity contribution in [3.8, 4) is 0 Å². The van der Waals surface area contributed by atoms with Gasteiger partial charge < -0.3 is 10.1 Å². The second-order valence-electron chi connectivity index (χ2n) is 7.95. The smallest absolute Gasteiger partial charge is 0.309 e. The molecule has 1 aromatic carbocycles. The first-order valence-electron chi connectivity index (χ1n) is 10.5. The molecule has 2 aliphatic heterocycles. The Morgan fingerprint density at radius 1 is 1.14 bits per heavy atom. The van der Waals surface area contributed by atoms with E-state index in [1.807, 2.05) is 19.9 Å². The summed E-state index contributed by atoms with van der Waals surface area (Å²) in [6.07, 6.45) is 2.53. The fourth-order valence-corrected chi connectivity index (χ4v) is 4.21. The molecule has 1 aromatic rings. The van der Waals surface area contributed by atoms with Gasteiger partial charge in [0.15, 0.2) is 0 Å². The maximum absolute atomic E-state index is 12.7. The molecule has 2 aliphatic rings. The zero-order valence-corrected chi connectivity index (χ0v) is 17.1. The lowest BCUT2D eigenvalue weighted by Gasteiger charge is -2.34. The highest BCUT2D eigenvalue weighted by Crippen LogP contribution is 2.21. The van der Waals surface area contributed by atoms with Crippen LogP contribution in [0.4, 0.5) is 0 Å². The van der Waals surface area contributed by atoms with Crippen LogP contribution in [-0.2, 0) is 20.9 Å². The molecule has 0 radical (unpaired) electrons. The van der Waals surface area contributed by atoms with Gasteiger partial charge in [0.25, 0.3) is 0 Å². The highest BCUT2D eigenvalue weighted by atomic mass is 16.5. The molecule has 2 fully saturated rings. The molecule has 1 amide bonds. The van der Waals surface area contributed by atoms with Crippen molar-refractivity contribution < 1.29 is 14.3 Å². The number of ether oxygens (including phenoxy) is 1. The van der Waals surface area contributed by atoms with Crippen LogP contribution in [0.1, 0.15) is 38.7 Å². The van der Waals surface area contributed by atoms with Crippen LogP contribution in [0.25, 0.3) is 0 Å². The number of carbonyl (C=O) groups excluding carboxylic acids is 2. The lowest BCUT2D eigenvalue weighted by atomic mass is 9.96. The second-order valence-corrected chi connectivity index (χ2v) is 7.95. The van der Waals surface area contributed by atoms with Gasteiger partial charge in [0.05, 0.1) is 18.6 Å². The molecule has 6 heteroatoms. The Hall–Kier alpha value is -1.92. The normalized spacial score (nSPS) is 22.7. The Balaban J connectivity index is 1.41. The molecule has 154 valence electrons. The van der Waals surface area contributed by atoms with Crippen molar-refractivity contribution in [2.45, 2.75) is 51.7 Å². The number of nitrogens with zero attached hydrogens (tertiary/aromatic N) is 2. The lowest BCUT2D eigenvalue weighted by Crippen LogP contribution is -2.51. The third kappa shape index (κ3) is 5.55. The molecule has 0 spiro atoms. The van der Waals surface area contributed by atoms with E-state index in [1.54, 1.807) is 0 Å². The van der Waals surface area contributed by atoms with Crippen LogP contribution in [0.3, 0.4) is 0 Å². The maximum Gasteiger partial charge on any atom is 0.309 e. The van der Waals surface area contributed by atoms with Crippen molar-refractivity contribution in [1.82, 2.24) is 15.1 Å². The molecule has 0 aliphatic carbocycles. The van der Waals surface area contributed by atoms with E-state index in [-0.39, 0.29) is 29.9 Å². The number of likely N-dealkylation sites (tertiary alicyclic amines) is 2. The predicted octanol–water partition coefficient (Wildman–Crippen LogP) is 2.04. The minimum Gasteiger partial charge on any atom is -0.466 e. The molecule has 0 unspecified atom stereocenters. The molecule has 2 atom stereocenters. The zero-order chi connectivity index (χ0) is 19.9. The summed E-state index contributed by atoms with van der Waals surface area (Å²) in [7, 11) is 0. The lowest BCUT2D eigenvalue weighted by molar-refractivity contribution is -0.149. The van der Waals surface area contributed by atoms with Crippen molar-refractivity contribution in [1.29, 1.82) is 0 Å². The molecule has 0 aromatic heterocycles. The average Bonchev–Trinajstić information content (AvgIpc) is 3.15.